The summed E-state index contributed by atoms with van der Waals surface area (Å²) < 4.78 is 7.85. The molecule has 1 spiro atoms. The van der Waals surface area contributed by atoms with Crippen LogP contribution in [0.5, 0.6) is 0 Å². The van der Waals surface area contributed by atoms with Gasteiger partial charge in [-0.25, -0.2) is 4.98 Å². The van der Waals surface area contributed by atoms with Crippen molar-refractivity contribution in [3.8, 4) is 0 Å². The summed E-state index contributed by atoms with van der Waals surface area (Å²) in [5.41, 5.74) is 2.68. The monoisotopic (exact) mass is 323 g/mol. The van der Waals surface area contributed by atoms with E-state index in [4.69, 9.17) is 4.74 Å². The summed E-state index contributed by atoms with van der Waals surface area (Å²) in [7, 11) is 1.95. The van der Waals surface area contributed by atoms with Crippen LogP contribution in [-0.2, 0) is 22.0 Å². The Balaban J connectivity index is 1.48. The van der Waals surface area contributed by atoms with Gasteiger partial charge in [0, 0.05) is 43.7 Å². The minimum Gasteiger partial charge on any atom is -0.369 e. The highest BCUT2D eigenvalue weighted by Gasteiger charge is 2.54. The molecule has 2 aromatic rings. The molecule has 24 heavy (non-hydrogen) atoms. The van der Waals surface area contributed by atoms with Crippen LogP contribution in [-0.4, -0.2) is 28.6 Å². The lowest BCUT2D eigenvalue weighted by Crippen LogP contribution is -2.38. The molecule has 5 rings (SSSR count). The Hall–Kier alpha value is -2.14. The molecule has 0 unspecified atom stereocenters. The van der Waals surface area contributed by atoms with Crippen molar-refractivity contribution in [2.75, 3.05) is 18.1 Å². The summed E-state index contributed by atoms with van der Waals surface area (Å²) >= 11 is 0. The smallest absolute Gasteiger partial charge is 0.233 e. The number of hydrogen-bond acceptors (Lipinski definition) is 3. The molecule has 1 aromatic heterocycles. The van der Waals surface area contributed by atoms with Crippen LogP contribution in [0.2, 0.25) is 0 Å². The highest BCUT2D eigenvalue weighted by molar-refractivity contribution is 5.98. The first-order valence-corrected chi connectivity index (χ1v) is 8.69. The summed E-state index contributed by atoms with van der Waals surface area (Å²) in [5.74, 6) is 0.893. The SMILES string of the molecule is Cn1ccnc1[C@@H]1OCC[C@H]1C(=O)N1CC2(CC2)c2ccccc21. The molecule has 1 aliphatic carbocycles. The van der Waals surface area contributed by atoms with Gasteiger partial charge in [0.15, 0.2) is 0 Å². The Labute approximate surface area is 141 Å². The fourth-order valence-electron chi connectivity index (χ4n) is 4.35. The van der Waals surface area contributed by atoms with Gasteiger partial charge in [0.25, 0.3) is 0 Å². The molecule has 3 heterocycles. The molecule has 2 atom stereocenters. The van der Waals surface area contributed by atoms with E-state index in [9.17, 15) is 4.79 Å². The van der Waals surface area contributed by atoms with Crippen molar-refractivity contribution in [1.82, 2.24) is 9.55 Å². The first-order chi connectivity index (χ1) is 11.7. The molecule has 1 saturated heterocycles. The maximum Gasteiger partial charge on any atom is 0.233 e. The second-order valence-electron chi connectivity index (χ2n) is 7.30. The Morgan fingerprint density at radius 3 is 2.92 bits per heavy atom. The third kappa shape index (κ3) is 1.91. The number of benzene rings is 1. The summed E-state index contributed by atoms with van der Waals surface area (Å²) in [5, 5.41) is 0. The first kappa shape index (κ1) is 14.2. The molecule has 124 valence electrons. The van der Waals surface area contributed by atoms with Gasteiger partial charge in [-0.3, -0.25) is 4.79 Å². The number of amides is 1. The fourth-order valence-corrected chi connectivity index (χ4v) is 4.35. The lowest BCUT2D eigenvalue weighted by molar-refractivity contribution is -0.124. The number of aryl methyl sites for hydroxylation is 1. The minimum absolute atomic E-state index is 0.145. The predicted molar refractivity (Wildman–Crippen MR) is 89.7 cm³/mol. The van der Waals surface area contributed by atoms with Crippen LogP contribution in [0.3, 0.4) is 0 Å². The van der Waals surface area contributed by atoms with Gasteiger partial charge in [-0.05, 0) is 30.9 Å². The second kappa shape index (κ2) is 4.93. The van der Waals surface area contributed by atoms with Gasteiger partial charge in [0.1, 0.15) is 11.9 Å². The predicted octanol–water partition coefficient (Wildman–Crippen LogP) is 2.58. The van der Waals surface area contributed by atoms with Gasteiger partial charge < -0.3 is 14.2 Å². The van der Waals surface area contributed by atoms with Gasteiger partial charge >= 0.3 is 0 Å². The zero-order valence-corrected chi connectivity index (χ0v) is 13.8. The van der Waals surface area contributed by atoms with E-state index in [1.165, 1.54) is 18.4 Å². The Morgan fingerprint density at radius 2 is 2.17 bits per heavy atom. The average Bonchev–Trinajstić information content (AvgIpc) is 2.94. The third-order valence-corrected chi connectivity index (χ3v) is 5.87. The van der Waals surface area contributed by atoms with Crippen molar-refractivity contribution in [3.05, 3.63) is 48.0 Å². The van der Waals surface area contributed by atoms with Crippen LogP contribution < -0.4 is 4.90 Å². The van der Waals surface area contributed by atoms with Gasteiger partial charge in [0.2, 0.25) is 5.91 Å². The van der Waals surface area contributed by atoms with E-state index in [2.05, 4.69) is 23.2 Å². The van der Waals surface area contributed by atoms with E-state index in [1.807, 2.05) is 28.8 Å². The number of imidazole rings is 1. The molecule has 0 bridgehead atoms. The minimum atomic E-state index is -0.236. The van der Waals surface area contributed by atoms with Gasteiger partial charge in [-0.15, -0.1) is 0 Å². The first-order valence-electron chi connectivity index (χ1n) is 8.69. The number of fused-ring (bicyclic) bond motifs is 2. The highest BCUT2D eigenvalue weighted by Crippen LogP contribution is 2.56. The maximum atomic E-state index is 13.4. The maximum absolute atomic E-state index is 13.4. The number of anilines is 1. The van der Waals surface area contributed by atoms with Gasteiger partial charge in [-0.2, -0.15) is 0 Å². The van der Waals surface area contributed by atoms with E-state index in [0.717, 1.165) is 24.5 Å². The summed E-state index contributed by atoms with van der Waals surface area (Å²) in [4.78, 5) is 19.8. The summed E-state index contributed by atoms with van der Waals surface area (Å²) in [6.07, 6.45) is 6.59. The molecule has 2 aliphatic heterocycles. The van der Waals surface area contributed by atoms with Crippen LogP contribution in [0.15, 0.2) is 36.7 Å². The third-order valence-electron chi connectivity index (χ3n) is 5.87. The standard InChI is InChI=1S/C19H21N3O2/c1-21-10-9-20-17(21)16-13(6-11-24-16)18(23)22-12-19(7-8-19)14-4-2-3-5-15(14)22/h2-5,9-10,13,16H,6-8,11-12H2,1H3/t13-,16-/m1/s1. The van der Waals surface area contributed by atoms with Crippen molar-refractivity contribution >= 4 is 11.6 Å². The average molecular weight is 323 g/mol. The van der Waals surface area contributed by atoms with Crippen molar-refractivity contribution < 1.29 is 9.53 Å². The number of para-hydroxylation sites is 1. The lowest BCUT2D eigenvalue weighted by Gasteiger charge is -2.24. The van der Waals surface area contributed by atoms with E-state index < -0.39 is 0 Å². The van der Waals surface area contributed by atoms with Crippen molar-refractivity contribution in [2.45, 2.75) is 30.8 Å². The number of ether oxygens (including phenoxy) is 1. The largest absolute Gasteiger partial charge is 0.369 e. The summed E-state index contributed by atoms with van der Waals surface area (Å²) in [6.45, 7) is 1.45. The molecule has 5 heteroatoms. The lowest BCUT2D eigenvalue weighted by atomic mass is 9.98. The van der Waals surface area contributed by atoms with Crippen LogP contribution >= 0.6 is 0 Å². The molecule has 1 amide bonds. The van der Waals surface area contributed by atoms with Crippen molar-refractivity contribution in [2.24, 2.45) is 13.0 Å². The normalized spacial score (nSPS) is 26.8. The van der Waals surface area contributed by atoms with E-state index in [0.29, 0.717) is 6.61 Å². The number of carbonyl (C=O) groups excluding carboxylic acids is 1. The number of nitrogens with zero attached hydrogens (tertiary/aromatic N) is 3. The highest BCUT2D eigenvalue weighted by atomic mass is 16.5. The van der Waals surface area contributed by atoms with Crippen LogP contribution in [0.25, 0.3) is 0 Å². The van der Waals surface area contributed by atoms with Crippen LogP contribution in [0.4, 0.5) is 5.69 Å². The Kier molecular flexibility index (Phi) is 2.92. The molecule has 3 aliphatic rings. The number of aromatic nitrogens is 2. The van der Waals surface area contributed by atoms with Gasteiger partial charge in [-0.1, -0.05) is 18.2 Å². The number of hydrogen-bond donors (Lipinski definition) is 0. The van der Waals surface area contributed by atoms with Crippen molar-refractivity contribution in [1.29, 1.82) is 0 Å². The van der Waals surface area contributed by atoms with E-state index in [1.54, 1.807) is 6.20 Å². The van der Waals surface area contributed by atoms with Crippen molar-refractivity contribution in [3.63, 3.8) is 0 Å². The van der Waals surface area contributed by atoms with Crippen LogP contribution in [0.1, 0.15) is 36.8 Å². The molecule has 0 N–H and O–H groups in total. The second-order valence-corrected chi connectivity index (χ2v) is 7.30. The van der Waals surface area contributed by atoms with E-state index >= 15 is 0 Å². The fraction of sp³-hybridized carbons (Fsp3) is 0.474. The number of rotatable bonds is 2. The molecule has 1 saturated carbocycles. The Morgan fingerprint density at radius 1 is 1.33 bits per heavy atom. The topological polar surface area (TPSA) is 47.4 Å². The molecule has 0 radical (unpaired) electrons. The number of carbonyl (C=O) groups is 1. The quantitative estimate of drug-likeness (QED) is 0.853. The van der Waals surface area contributed by atoms with Crippen LogP contribution in [0, 0.1) is 5.92 Å². The molecular formula is C19H21N3O2. The molecule has 2 fully saturated rings. The molecule has 5 nitrogen and oxygen atoms in total. The Bertz CT molecular complexity index is 808. The van der Waals surface area contributed by atoms with Gasteiger partial charge in [0.05, 0.1) is 5.92 Å². The molecular weight excluding hydrogens is 302 g/mol. The van der Waals surface area contributed by atoms with E-state index in [-0.39, 0.29) is 23.3 Å². The zero-order valence-electron chi connectivity index (χ0n) is 13.8. The zero-order chi connectivity index (χ0) is 16.3. The summed E-state index contributed by atoms with van der Waals surface area (Å²) in [6, 6.07) is 8.40. The molecule has 1 aromatic carbocycles.